The normalized spacial score (nSPS) is 11.9. The summed E-state index contributed by atoms with van der Waals surface area (Å²) < 4.78 is 0. The van der Waals surface area contributed by atoms with Crippen molar-refractivity contribution in [2.45, 2.75) is 19.8 Å². The zero-order valence-corrected chi connectivity index (χ0v) is 10.3. The Morgan fingerprint density at radius 2 is 2.19 bits per heavy atom. The lowest BCUT2D eigenvalue weighted by Gasteiger charge is -2.11. The zero-order chi connectivity index (χ0) is 12.1. The number of rotatable bonds is 4. The van der Waals surface area contributed by atoms with Gasteiger partial charge in [-0.3, -0.25) is 4.79 Å². The van der Waals surface area contributed by atoms with Crippen molar-refractivity contribution in [2.75, 3.05) is 0 Å². The van der Waals surface area contributed by atoms with Crippen molar-refractivity contribution >= 4 is 29.0 Å². The maximum absolute atomic E-state index is 12.0. The number of hydrogen-bond acceptors (Lipinski definition) is 2. The Morgan fingerprint density at radius 3 is 2.69 bits per heavy atom. The van der Waals surface area contributed by atoms with Crippen LogP contribution in [-0.2, 0) is 0 Å². The minimum absolute atomic E-state index is 0.0919. The van der Waals surface area contributed by atoms with Gasteiger partial charge in [-0.25, -0.2) is 0 Å². The largest absolute Gasteiger partial charge is 0.294 e. The van der Waals surface area contributed by atoms with Crippen molar-refractivity contribution in [2.24, 2.45) is 5.92 Å². The molecule has 1 unspecified atom stereocenters. The van der Waals surface area contributed by atoms with E-state index < -0.39 is 0 Å². The Balaban J connectivity index is 3.00. The van der Waals surface area contributed by atoms with E-state index >= 15 is 0 Å². The van der Waals surface area contributed by atoms with Crippen LogP contribution in [-0.4, -0.2) is 5.78 Å². The van der Waals surface area contributed by atoms with Gasteiger partial charge in [0.25, 0.3) is 0 Å². The molecule has 84 valence electrons. The third kappa shape index (κ3) is 2.98. The second-order valence-electron chi connectivity index (χ2n) is 3.46. The predicted molar refractivity (Wildman–Crippen MR) is 64.8 cm³/mol. The van der Waals surface area contributed by atoms with Gasteiger partial charge in [0.05, 0.1) is 11.1 Å². The van der Waals surface area contributed by atoms with Crippen molar-refractivity contribution in [3.05, 3.63) is 33.8 Å². The summed E-state index contributed by atoms with van der Waals surface area (Å²) in [7, 11) is 0. The van der Waals surface area contributed by atoms with Crippen LogP contribution in [0.3, 0.4) is 0 Å². The molecule has 0 radical (unpaired) electrons. The summed E-state index contributed by atoms with van der Waals surface area (Å²) in [6.45, 7) is 1.88. The summed E-state index contributed by atoms with van der Waals surface area (Å²) in [4.78, 5) is 12.0. The topological polar surface area (TPSA) is 40.9 Å². The van der Waals surface area contributed by atoms with E-state index in [-0.39, 0.29) is 18.1 Å². The molecule has 0 saturated carbocycles. The minimum Gasteiger partial charge on any atom is -0.294 e. The van der Waals surface area contributed by atoms with Gasteiger partial charge in [0.15, 0.2) is 5.78 Å². The van der Waals surface area contributed by atoms with E-state index in [1.807, 2.05) is 13.0 Å². The molecule has 4 heteroatoms. The van der Waals surface area contributed by atoms with Crippen molar-refractivity contribution in [3.8, 4) is 6.07 Å². The fourth-order valence-corrected chi connectivity index (χ4v) is 1.94. The Labute approximate surface area is 105 Å². The highest BCUT2D eigenvalue weighted by Gasteiger charge is 2.20. The van der Waals surface area contributed by atoms with E-state index in [1.54, 1.807) is 12.1 Å². The van der Waals surface area contributed by atoms with Crippen LogP contribution in [0.5, 0.6) is 0 Å². The van der Waals surface area contributed by atoms with Gasteiger partial charge in [0, 0.05) is 22.9 Å². The molecule has 1 atom stereocenters. The molecule has 0 saturated heterocycles. The second kappa shape index (κ2) is 5.89. The number of carbonyl (C=O) groups is 1. The molecule has 1 aromatic rings. The Kier molecular flexibility index (Phi) is 4.79. The molecule has 0 heterocycles. The molecule has 1 aromatic carbocycles. The lowest BCUT2D eigenvalue weighted by Crippen LogP contribution is -2.13. The van der Waals surface area contributed by atoms with Gasteiger partial charge in [-0.15, -0.1) is 0 Å². The van der Waals surface area contributed by atoms with Crippen molar-refractivity contribution in [3.63, 3.8) is 0 Å². The molecule has 0 spiro atoms. The van der Waals surface area contributed by atoms with Gasteiger partial charge < -0.3 is 0 Å². The Hall–Kier alpha value is -1.04. The summed E-state index contributed by atoms with van der Waals surface area (Å²) >= 11 is 11.7. The summed E-state index contributed by atoms with van der Waals surface area (Å²) in [5, 5.41) is 9.46. The summed E-state index contributed by atoms with van der Waals surface area (Å²) in [6, 6.07) is 6.78. The van der Waals surface area contributed by atoms with Crippen molar-refractivity contribution < 1.29 is 4.79 Å². The average Bonchev–Trinajstić information content (AvgIpc) is 2.25. The molecular weight excluding hydrogens is 245 g/mol. The molecule has 0 aliphatic rings. The molecule has 0 N–H and O–H groups in total. The number of carbonyl (C=O) groups excluding carboxylic acids is 1. The maximum Gasteiger partial charge on any atom is 0.168 e. The first kappa shape index (κ1) is 13.0. The van der Waals surface area contributed by atoms with E-state index in [2.05, 4.69) is 0 Å². The standard InChI is InChI=1S/C12H11Cl2NO/c1-2-8(5-6-15)12(16)10-4-3-9(13)7-11(10)14/h3-4,7-8H,2,5H2,1H3. The predicted octanol–water partition coefficient (Wildman–Crippen LogP) is 4.12. The van der Waals surface area contributed by atoms with Crippen LogP contribution in [0.4, 0.5) is 0 Å². The number of nitriles is 1. The van der Waals surface area contributed by atoms with E-state index in [0.29, 0.717) is 22.0 Å². The number of benzene rings is 1. The molecule has 2 nitrogen and oxygen atoms in total. The summed E-state index contributed by atoms with van der Waals surface area (Å²) in [5.41, 5.74) is 0.438. The van der Waals surface area contributed by atoms with E-state index in [0.717, 1.165) is 0 Å². The first-order valence-electron chi connectivity index (χ1n) is 4.96. The highest BCUT2D eigenvalue weighted by molar-refractivity contribution is 6.36. The van der Waals surface area contributed by atoms with Crippen LogP contribution in [0.1, 0.15) is 30.1 Å². The molecule has 0 aliphatic heterocycles. The van der Waals surface area contributed by atoms with Crippen LogP contribution in [0, 0.1) is 17.2 Å². The molecule has 16 heavy (non-hydrogen) atoms. The number of hydrogen-bond donors (Lipinski definition) is 0. The molecular formula is C12H11Cl2NO. The molecule has 0 bridgehead atoms. The third-order valence-electron chi connectivity index (χ3n) is 2.40. The minimum atomic E-state index is -0.288. The first-order chi connectivity index (χ1) is 7.60. The SMILES string of the molecule is CCC(CC#N)C(=O)c1ccc(Cl)cc1Cl. The molecule has 1 rings (SSSR count). The fraction of sp³-hybridized carbons (Fsp3) is 0.333. The average molecular weight is 256 g/mol. The van der Waals surface area contributed by atoms with Crippen molar-refractivity contribution in [1.29, 1.82) is 5.26 Å². The van der Waals surface area contributed by atoms with Gasteiger partial charge in [-0.05, 0) is 24.6 Å². The lowest BCUT2D eigenvalue weighted by atomic mass is 9.93. The molecule has 0 aromatic heterocycles. The van der Waals surface area contributed by atoms with E-state index in [9.17, 15) is 4.79 Å². The molecule has 0 amide bonds. The number of Topliss-reactive ketones (excluding diaryl/α,β-unsaturated/α-hetero) is 1. The molecule has 0 fully saturated rings. The third-order valence-corrected chi connectivity index (χ3v) is 2.95. The second-order valence-corrected chi connectivity index (χ2v) is 4.30. The van der Waals surface area contributed by atoms with Crippen LogP contribution in [0.15, 0.2) is 18.2 Å². The van der Waals surface area contributed by atoms with Gasteiger partial charge in [0.2, 0.25) is 0 Å². The van der Waals surface area contributed by atoms with Gasteiger partial charge >= 0.3 is 0 Å². The Morgan fingerprint density at radius 1 is 1.50 bits per heavy atom. The fourth-order valence-electron chi connectivity index (χ4n) is 1.44. The smallest absolute Gasteiger partial charge is 0.168 e. The zero-order valence-electron chi connectivity index (χ0n) is 8.84. The van der Waals surface area contributed by atoms with Crippen LogP contribution < -0.4 is 0 Å². The van der Waals surface area contributed by atoms with Crippen LogP contribution in [0.2, 0.25) is 10.0 Å². The quantitative estimate of drug-likeness (QED) is 0.760. The van der Waals surface area contributed by atoms with Crippen molar-refractivity contribution in [1.82, 2.24) is 0 Å². The first-order valence-corrected chi connectivity index (χ1v) is 5.72. The number of halogens is 2. The highest BCUT2D eigenvalue weighted by atomic mass is 35.5. The highest BCUT2D eigenvalue weighted by Crippen LogP contribution is 2.25. The van der Waals surface area contributed by atoms with E-state index in [1.165, 1.54) is 6.07 Å². The summed E-state index contributed by atoms with van der Waals surface area (Å²) in [5.74, 6) is -0.380. The Bertz CT molecular complexity index is 437. The van der Waals surface area contributed by atoms with Gasteiger partial charge in [0.1, 0.15) is 0 Å². The molecule has 0 aliphatic carbocycles. The maximum atomic E-state index is 12.0. The van der Waals surface area contributed by atoms with E-state index in [4.69, 9.17) is 28.5 Å². The van der Waals surface area contributed by atoms with Gasteiger partial charge in [-0.1, -0.05) is 30.1 Å². The van der Waals surface area contributed by atoms with Gasteiger partial charge in [-0.2, -0.15) is 5.26 Å². The monoisotopic (exact) mass is 255 g/mol. The lowest BCUT2D eigenvalue weighted by molar-refractivity contribution is 0.0919. The van der Waals surface area contributed by atoms with Crippen LogP contribution >= 0.6 is 23.2 Å². The van der Waals surface area contributed by atoms with Crippen LogP contribution in [0.25, 0.3) is 0 Å². The number of ketones is 1. The summed E-state index contributed by atoms with van der Waals surface area (Å²) in [6.07, 6.45) is 0.847. The number of nitrogens with zero attached hydrogens (tertiary/aromatic N) is 1.